The van der Waals surface area contributed by atoms with E-state index in [1.54, 1.807) is 6.07 Å². The van der Waals surface area contributed by atoms with Crippen molar-refractivity contribution in [2.45, 2.75) is 25.8 Å². The van der Waals surface area contributed by atoms with Crippen molar-refractivity contribution in [3.8, 4) is 11.5 Å². The molecule has 0 spiro atoms. The van der Waals surface area contributed by atoms with Crippen LogP contribution in [0.25, 0.3) is 10.9 Å². The molecule has 0 fully saturated rings. The van der Waals surface area contributed by atoms with Crippen LogP contribution in [0.4, 0.5) is 0 Å². The van der Waals surface area contributed by atoms with Gasteiger partial charge in [0.25, 0.3) is 0 Å². The topological polar surface area (TPSA) is 52.5 Å². The van der Waals surface area contributed by atoms with Crippen molar-refractivity contribution < 1.29 is 14.3 Å². The molecule has 1 aromatic heterocycles. The van der Waals surface area contributed by atoms with Crippen LogP contribution < -0.4 is 14.8 Å². The molecule has 0 saturated carbocycles. The molecule has 6 heteroatoms. The van der Waals surface area contributed by atoms with E-state index in [1.165, 1.54) is 10.9 Å². The lowest BCUT2D eigenvalue weighted by Crippen LogP contribution is -2.26. The molecule has 0 unspecified atom stereocenters. The van der Waals surface area contributed by atoms with Crippen molar-refractivity contribution in [1.82, 2.24) is 9.88 Å². The molecule has 3 aromatic rings. The van der Waals surface area contributed by atoms with Crippen LogP contribution in [-0.2, 0) is 17.8 Å². The number of amides is 1. The van der Waals surface area contributed by atoms with E-state index >= 15 is 0 Å². The summed E-state index contributed by atoms with van der Waals surface area (Å²) in [5.41, 5.74) is 2.04. The summed E-state index contributed by atoms with van der Waals surface area (Å²) in [5.74, 6) is 1.16. The molecular formula is C22H23ClN2O3. The molecule has 28 heavy (non-hydrogen) atoms. The van der Waals surface area contributed by atoms with Gasteiger partial charge in [-0.25, -0.2) is 0 Å². The first-order chi connectivity index (χ1) is 13.7. The Morgan fingerprint density at radius 3 is 2.93 bits per heavy atom. The maximum Gasteiger partial charge on any atom is 0.224 e. The van der Waals surface area contributed by atoms with Crippen molar-refractivity contribution in [1.29, 1.82) is 0 Å². The molecule has 1 aliphatic rings. The Labute approximate surface area is 169 Å². The molecule has 0 bridgehead atoms. The molecule has 2 heterocycles. The first-order valence-electron chi connectivity index (χ1n) is 9.59. The predicted molar refractivity (Wildman–Crippen MR) is 110 cm³/mol. The zero-order chi connectivity index (χ0) is 19.3. The van der Waals surface area contributed by atoms with E-state index in [0.717, 1.165) is 24.9 Å². The highest BCUT2D eigenvalue weighted by molar-refractivity contribution is 6.32. The maximum atomic E-state index is 12.3. The van der Waals surface area contributed by atoms with Crippen molar-refractivity contribution in [2.24, 2.45) is 0 Å². The standard InChI is InChI=1S/C22H23ClN2O3/c23-18-13-16(14-20-22(18)28-12-4-11-27-20)15-21(26)24-8-3-9-25-10-7-17-5-1-2-6-19(17)25/h1-2,5-7,10,13-14H,3-4,8-9,11-12,15H2,(H,24,26). The van der Waals surface area contributed by atoms with Crippen LogP contribution in [0.1, 0.15) is 18.4 Å². The zero-order valence-electron chi connectivity index (χ0n) is 15.6. The number of benzene rings is 2. The number of ether oxygens (including phenoxy) is 2. The number of fused-ring (bicyclic) bond motifs is 2. The molecule has 2 aromatic carbocycles. The van der Waals surface area contributed by atoms with E-state index in [9.17, 15) is 4.79 Å². The van der Waals surface area contributed by atoms with Crippen LogP contribution in [0, 0.1) is 0 Å². The van der Waals surface area contributed by atoms with Crippen LogP contribution in [0.5, 0.6) is 11.5 Å². The van der Waals surface area contributed by atoms with Crippen molar-refractivity contribution in [2.75, 3.05) is 19.8 Å². The van der Waals surface area contributed by atoms with Gasteiger partial charge in [-0.1, -0.05) is 29.8 Å². The molecule has 1 amide bonds. The van der Waals surface area contributed by atoms with Gasteiger partial charge >= 0.3 is 0 Å². The number of carbonyl (C=O) groups is 1. The van der Waals surface area contributed by atoms with Crippen molar-refractivity contribution in [3.05, 3.63) is 59.2 Å². The number of para-hydroxylation sites is 1. The fraction of sp³-hybridized carbons (Fsp3) is 0.318. The number of halogens is 1. The fourth-order valence-electron chi connectivity index (χ4n) is 3.45. The Hall–Kier alpha value is -2.66. The smallest absolute Gasteiger partial charge is 0.224 e. The summed E-state index contributed by atoms with van der Waals surface area (Å²) >= 11 is 6.30. The van der Waals surface area contributed by atoms with E-state index < -0.39 is 0 Å². The first-order valence-corrected chi connectivity index (χ1v) is 9.97. The minimum atomic E-state index is -0.0251. The summed E-state index contributed by atoms with van der Waals surface area (Å²) in [7, 11) is 0. The monoisotopic (exact) mass is 398 g/mol. The highest BCUT2D eigenvalue weighted by atomic mass is 35.5. The third-order valence-electron chi connectivity index (χ3n) is 4.80. The number of nitrogens with one attached hydrogen (secondary N) is 1. The molecule has 5 nitrogen and oxygen atoms in total. The molecule has 1 aliphatic heterocycles. The van der Waals surface area contributed by atoms with Gasteiger partial charge in [-0.2, -0.15) is 0 Å². The lowest BCUT2D eigenvalue weighted by atomic mass is 10.1. The number of rotatable bonds is 6. The lowest BCUT2D eigenvalue weighted by molar-refractivity contribution is -0.120. The number of carbonyl (C=O) groups excluding carboxylic acids is 1. The Morgan fingerprint density at radius 2 is 2.00 bits per heavy atom. The molecule has 0 saturated heterocycles. The predicted octanol–water partition coefficient (Wildman–Crippen LogP) is 4.21. The second-order valence-electron chi connectivity index (χ2n) is 6.90. The number of nitrogens with zero attached hydrogens (tertiary/aromatic N) is 1. The molecule has 1 N–H and O–H groups in total. The van der Waals surface area contributed by atoms with E-state index in [2.05, 4.69) is 34.3 Å². The van der Waals surface area contributed by atoms with E-state index in [-0.39, 0.29) is 12.3 Å². The molecule has 0 aliphatic carbocycles. The number of hydrogen-bond donors (Lipinski definition) is 1. The Balaban J connectivity index is 1.29. The summed E-state index contributed by atoms with van der Waals surface area (Å²) in [5, 5.41) is 4.71. The minimum absolute atomic E-state index is 0.0251. The largest absolute Gasteiger partial charge is 0.489 e. The van der Waals surface area contributed by atoms with Gasteiger partial charge in [0.2, 0.25) is 5.91 Å². The van der Waals surface area contributed by atoms with Gasteiger partial charge < -0.3 is 19.4 Å². The van der Waals surface area contributed by atoms with Gasteiger partial charge in [0.05, 0.1) is 24.7 Å². The number of hydrogen-bond acceptors (Lipinski definition) is 3. The molecule has 0 atom stereocenters. The summed E-state index contributed by atoms with van der Waals surface area (Å²) < 4.78 is 13.5. The average molecular weight is 399 g/mol. The number of aromatic nitrogens is 1. The van der Waals surface area contributed by atoms with Gasteiger partial charge in [0.15, 0.2) is 11.5 Å². The summed E-state index contributed by atoms with van der Waals surface area (Å²) in [6.45, 7) is 2.67. The van der Waals surface area contributed by atoms with E-state index in [4.69, 9.17) is 21.1 Å². The van der Waals surface area contributed by atoms with Crippen LogP contribution in [0.15, 0.2) is 48.7 Å². The molecular weight excluding hydrogens is 376 g/mol. The second-order valence-corrected chi connectivity index (χ2v) is 7.31. The van der Waals surface area contributed by atoms with Gasteiger partial charge in [0, 0.05) is 31.2 Å². The van der Waals surface area contributed by atoms with Crippen LogP contribution in [0.2, 0.25) is 5.02 Å². The van der Waals surface area contributed by atoms with Gasteiger partial charge in [0.1, 0.15) is 0 Å². The van der Waals surface area contributed by atoms with Crippen LogP contribution in [-0.4, -0.2) is 30.2 Å². The van der Waals surface area contributed by atoms with Crippen molar-refractivity contribution in [3.63, 3.8) is 0 Å². The normalized spacial score (nSPS) is 13.3. The van der Waals surface area contributed by atoms with Gasteiger partial charge in [-0.3, -0.25) is 4.79 Å². The maximum absolute atomic E-state index is 12.3. The summed E-state index contributed by atoms with van der Waals surface area (Å²) in [4.78, 5) is 12.3. The number of aryl methyl sites for hydroxylation is 1. The lowest BCUT2D eigenvalue weighted by Gasteiger charge is -2.12. The average Bonchev–Trinajstić information content (AvgIpc) is 2.94. The quantitative estimate of drug-likeness (QED) is 0.633. The minimum Gasteiger partial charge on any atom is -0.489 e. The fourth-order valence-corrected chi connectivity index (χ4v) is 3.73. The third kappa shape index (κ3) is 4.25. The van der Waals surface area contributed by atoms with Crippen LogP contribution >= 0.6 is 11.6 Å². The Bertz CT molecular complexity index is 983. The van der Waals surface area contributed by atoms with Crippen LogP contribution in [0.3, 0.4) is 0 Å². The highest BCUT2D eigenvalue weighted by Crippen LogP contribution is 2.38. The summed E-state index contributed by atoms with van der Waals surface area (Å²) in [6, 6.07) is 14.0. The molecule has 146 valence electrons. The third-order valence-corrected chi connectivity index (χ3v) is 5.09. The first kappa shape index (κ1) is 18.7. The Morgan fingerprint density at radius 1 is 1.14 bits per heavy atom. The highest BCUT2D eigenvalue weighted by Gasteiger charge is 2.16. The SMILES string of the molecule is O=C(Cc1cc(Cl)c2c(c1)OCCCO2)NCCCn1ccc2ccccc21. The van der Waals surface area contributed by atoms with Crippen molar-refractivity contribution >= 4 is 28.4 Å². The summed E-state index contributed by atoms with van der Waals surface area (Å²) in [6.07, 6.45) is 4.04. The van der Waals surface area contributed by atoms with E-state index in [0.29, 0.717) is 36.3 Å². The van der Waals surface area contributed by atoms with E-state index in [1.807, 2.05) is 18.2 Å². The molecule has 4 rings (SSSR count). The van der Waals surface area contributed by atoms with Gasteiger partial charge in [-0.15, -0.1) is 0 Å². The zero-order valence-corrected chi connectivity index (χ0v) is 16.4. The second kappa shape index (κ2) is 8.57. The van der Waals surface area contributed by atoms with Gasteiger partial charge in [-0.05, 0) is 41.6 Å². The molecule has 0 radical (unpaired) electrons. The Kier molecular flexibility index (Phi) is 5.72.